The number of hydrogen-bond acceptors (Lipinski definition) is 4. The van der Waals surface area contributed by atoms with Gasteiger partial charge in [-0.25, -0.2) is 4.79 Å². The topological polar surface area (TPSA) is 99.8 Å². The van der Waals surface area contributed by atoms with Gasteiger partial charge in [-0.1, -0.05) is 99.6 Å². The molecule has 0 spiro atoms. The molecule has 0 aromatic heterocycles. The molecule has 1 aliphatic rings. The quantitative estimate of drug-likeness (QED) is 0.204. The van der Waals surface area contributed by atoms with Crippen LogP contribution in [0, 0.1) is 25.7 Å². The molecule has 1 saturated heterocycles. The molecule has 3 aromatic rings. The lowest BCUT2D eigenvalue weighted by atomic mass is 9.87. The van der Waals surface area contributed by atoms with E-state index in [4.69, 9.17) is 4.74 Å². The Morgan fingerprint density at radius 2 is 1.46 bits per heavy atom. The van der Waals surface area contributed by atoms with E-state index in [1.807, 2.05) is 82.3 Å². The van der Waals surface area contributed by atoms with Crippen molar-refractivity contribution < 1.29 is 19.1 Å². The number of carbonyl (C=O) groups is 3. The Bertz CT molecular complexity index is 1410. The van der Waals surface area contributed by atoms with Crippen LogP contribution in [0.2, 0.25) is 0 Å². The molecular formula is C38H50N4O4. The molecule has 0 radical (unpaired) electrons. The maximum Gasteiger partial charge on any atom is 0.318 e. The number of benzene rings is 3. The van der Waals surface area contributed by atoms with Crippen LogP contribution in [0.25, 0.3) is 0 Å². The first kappa shape index (κ1) is 34.5. The zero-order valence-electron chi connectivity index (χ0n) is 27.9. The van der Waals surface area contributed by atoms with Crippen LogP contribution in [0.1, 0.15) is 55.9 Å². The Labute approximate surface area is 274 Å². The van der Waals surface area contributed by atoms with Crippen molar-refractivity contribution in [1.82, 2.24) is 20.9 Å². The number of para-hydroxylation sites is 1. The Hall–Kier alpha value is -4.33. The number of nitrogens with zero attached hydrogens (tertiary/aromatic N) is 1. The van der Waals surface area contributed by atoms with Crippen molar-refractivity contribution in [2.45, 2.75) is 78.4 Å². The second-order valence-electron chi connectivity index (χ2n) is 12.9. The maximum atomic E-state index is 13.9. The number of carbonyl (C=O) groups excluding carboxylic acids is 3. The van der Waals surface area contributed by atoms with Crippen molar-refractivity contribution in [2.24, 2.45) is 11.8 Å². The predicted molar refractivity (Wildman–Crippen MR) is 183 cm³/mol. The minimum Gasteiger partial charge on any atom is -0.483 e. The Morgan fingerprint density at radius 3 is 2.04 bits per heavy atom. The summed E-state index contributed by atoms with van der Waals surface area (Å²) in [5.74, 6) is 0.355. The van der Waals surface area contributed by atoms with Crippen molar-refractivity contribution in [1.29, 1.82) is 0 Å². The molecule has 0 aliphatic carbocycles. The fraction of sp³-hybridized carbons (Fsp3) is 0.447. The number of nitrogens with one attached hydrogen (secondary N) is 3. The fourth-order valence-corrected chi connectivity index (χ4v) is 6.38. The van der Waals surface area contributed by atoms with Crippen LogP contribution in [0.5, 0.6) is 5.75 Å². The van der Waals surface area contributed by atoms with E-state index >= 15 is 0 Å². The lowest BCUT2D eigenvalue weighted by Gasteiger charge is -2.37. The van der Waals surface area contributed by atoms with Gasteiger partial charge in [0, 0.05) is 25.2 Å². The van der Waals surface area contributed by atoms with Crippen LogP contribution in [0.4, 0.5) is 4.79 Å². The molecule has 8 heteroatoms. The van der Waals surface area contributed by atoms with Gasteiger partial charge in [0.15, 0.2) is 6.61 Å². The second kappa shape index (κ2) is 16.8. The number of urea groups is 1. The molecule has 0 saturated carbocycles. The summed E-state index contributed by atoms with van der Waals surface area (Å²) in [5, 5.41) is 9.47. The monoisotopic (exact) mass is 626 g/mol. The van der Waals surface area contributed by atoms with E-state index in [1.54, 1.807) is 4.90 Å². The molecule has 2 unspecified atom stereocenters. The molecule has 3 aromatic carbocycles. The smallest absolute Gasteiger partial charge is 0.318 e. The van der Waals surface area contributed by atoms with Crippen molar-refractivity contribution >= 4 is 17.8 Å². The van der Waals surface area contributed by atoms with Crippen LogP contribution in [-0.2, 0) is 22.4 Å². The zero-order valence-corrected chi connectivity index (χ0v) is 27.9. The summed E-state index contributed by atoms with van der Waals surface area (Å²) in [7, 11) is 0. The highest BCUT2D eigenvalue weighted by atomic mass is 16.5. The summed E-state index contributed by atoms with van der Waals surface area (Å²) in [6.45, 7) is 11.1. The van der Waals surface area contributed by atoms with Crippen molar-refractivity contribution in [3.63, 3.8) is 0 Å². The molecule has 3 N–H and O–H groups in total. The molecule has 246 valence electrons. The van der Waals surface area contributed by atoms with Gasteiger partial charge in [-0.05, 0) is 73.6 Å². The first-order valence-electron chi connectivity index (χ1n) is 16.5. The maximum absolute atomic E-state index is 13.9. The van der Waals surface area contributed by atoms with Gasteiger partial charge in [0.25, 0.3) is 5.91 Å². The number of rotatable bonds is 15. The average Bonchev–Trinajstić information content (AvgIpc) is 3.02. The number of amides is 4. The van der Waals surface area contributed by atoms with Gasteiger partial charge in [-0.3, -0.25) is 9.59 Å². The van der Waals surface area contributed by atoms with Crippen molar-refractivity contribution in [2.75, 3.05) is 19.7 Å². The summed E-state index contributed by atoms with van der Waals surface area (Å²) < 4.78 is 5.98. The first-order chi connectivity index (χ1) is 22.1. The normalized spacial score (nSPS) is 15.8. The van der Waals surface area contributed by atoms with E-state index in [9.17, 15) is 14.4 Å². The molecule has 46 heavy (non-hydrogen) atoms. The molecule has 4 atom stereocenters. The SMILES string of the molecule is Cc1cccc(C)c1OCC(=O)NC(Cc1ccccc1)[C@@H](C)C[C@H](Cc1ccccc1)NC(=O)C(C(C)C)N1CCCNC1=O. The van der Waals surface area contributed by atoms with Crippen molar-refractivity contribution in [3.8, 4) is 5.75 Å². The van der Waals surface area contributed by atoms with Crippen LogP contribution < -0.4 is 20.7 Å². The highest BCUT2D eigenvalue weighted by Gasteiger charge is 2.35. The molecule has 1 aliphatic heterocycles. The molecule has 1 fully saturated rings. The Kier molecular flexibility index (Phi) is 12.6. The molecule has 0 bridgehead atoms. The predicted octanol–water partition coefficient (Wildman–Crippen LogP) is 5.60. The van der Waals surface area contributed by atoms with Gasteiger partial charge >= 0.3 is 6.03 Å². The lowest BCUT2D eigenvalue weighted by molar-refractivity contribution is -0.128. The summed E-state index contributed by atoms with van der Waals surface area (Å²) in [5.41, 5.74) is 4.21. The molecule has 8 nitrogen and oxygen atoms in total. The van der Waals surface area contributed by atoms with Gasteiger partial charge in [0.05, 0.1) is 0 Å². The lowest BCUT2D eigenvalue weighted by Crippen LogP contribution is -2.59. The molecule has 4 rings (SSSR count). The third-order valence-electron chi connectivity index (χ3n) is 8.76. The van der Waals surface area contributed by atoms with Crippen molar-refractivity contribution in [3.05, 3.63) is 101 Å². The minimum absolute atomic E-state index is 0.00847. The van der Waals surface area contributed by atoms with E-state index in [2.05, 4.69) is 47.1 Å². The average molecular weight is 627 g/mol. The highest BCUT2D eigenvalue weighted by molar-refractivity contribution is 5.87. The van der Waals surface area contributed by atoms with Gasteiger partial charge in [0.2, 0.25) is 5.91 Å². The molecular weight excluding hydrogens is 576 g/mol. The van der Waals surface area contributed by atoms with E-state index in [0.29, 0.717) is 32.4 Å². The van der Waals surface area contributed by atoms with Gasteiger partial charge in [-0.15, -0.1) is 0 Å². The van der Waals surface area contributed by atoms with E-state index in [-0.39, 0.29) is 48.4 Å². The Balaban J connectivity index is 1.52. The summed E-state index contributed by atoms with van der Waals surface area (Å²) in [4.78, 5) is 41.6. The summed E-state index contributed by atoms with van der Waals surface area (Å²) in [6.07, 6.45) is 2.72. The van der Waals surface area contributed by atoms with Crippen LogP contribution in [0.15, 0.2) is 78.9 Å². The van der Waals surface area contributed by atoms with Crippen LogP contribution >= 0.6 is 0 Å². The summed E-state index contributed by atoms with van der Waals surface area (Å²) in [6, 6.07) is 25.0. The van der Waals surface area contributed by atoms with E-state index in [1.165, 1.54) is 0 Å². The first-order valence-corrected chi connectivity index (χ1v) is 16.5. The number of aryl methyl sites for hydroxylation is 2. The highest BCUT2D eigenvalue weighted by Crippen LogP contribution is 2.23. The zero-order chi connectivity index (χ0) is 33.1. The van der Waals surface area contributed by atoms with Gasteiger partial charge in [-0.2, -0.15) is 0 Å². The van der Waals surface area contributed by atoms with Crippen LogP contribution in [0.3, 0.4) is 0 Å². The largest absolute Gasteiger partial charge is 0.483 e. The summed E-state index contributed by atoms with van der Waals surface area (Å²) >= 11 is 0. The number of hydrogen-bond donors (Lipinski definition) is 3. The third-order valence-corrected chi connectivity index (χ3v) is 8.76. The standard InChI is InChI=1S/C38H50N4O4/c1-26(2)35(42-21-13-20-39-38(42)45)37(44)40-32(23-30-16-8-6-9-17-30)22-29(5)33(24-31-18-10-7-11-19-31)41-34(43)25-46-36-27(3)14-12-15-28(36)4/h6-12,14-19,26,29,32-33,35H,13,20-25H2,1-5H3,(H,39,45)(H,40,44)(H,41,43)/t29-,32+,33?,35?/m0/s1. The van der Waals surface area contributed by atoms with E-state index in [0.717, 1.165) is 34.4 Å². The number of ether oxygens (including phenoxy) is 1. The molecule has 1 heterocycles. The van der Waals surface area contributed by atoms with Gasteiger partial charge in [0.1, 0.15) is 11.8 Å². The minimum atomic E-state index is -0.573. The molecule has 4 amide bonds. The van der Waals surface area contributed by atoms with Gasteiger partial charge < -0.3 is 25.6 Å². The fourth-order valence-electron chi connectivity index (χ4n) is 6.38. The Morgan fingerprint density at radius 1 is 0.848 bits per heavy atom. The second-order valence-corrected chi connectivity index (χ2v) is 12.9. The van der Waals surface area contributed by atoms with E-state index < -0.39 is 6.04 Å². The third kappa shape index (κ3) is 9.83. The van der Waals surface area contributed by atoms with Crippen LogP contribution in [-0.4, -0.2) is 60.6 Å².